The van der Waals surface area contributed by atoms with Crippen LogP contribution in [0.25, 0.3) is 10.8 Å². The van der Waals surface area contributed by atoms with Crippen molar-refractivity contribution in [2.24, 2.45) is 0 Å². The van der Waals surface area contributed by atoms with Crippen LogP contribution in [0.3, 0.4) is 0 Å². The Balaban J connectivity index is 1.54. The van der Waals surface area contributed by atoms with Crippen LogP contribution < -0.4 is 5.32 Å². The van der Waals surface area contributed by atoms with Gasteiger partial charge >= 0.3 is 0 Å². The maximum atomic E-state index is 10.1. The lowest BCUT2D eigenvalue weighted by Gasteiger charge is -2.13. The Bertz CT molecular complexity index is 763. The summed E-state index contributed by atoms with van der Waals surface area (Å²) in [6, 6.07) is 21.4. The lowest BCUT2D eigenvalue weighted by atomic mass is 10.0. The fourth-order valence-corrected chi connectivity index (χ4v) is 2.79. The summed E-state index contributed by atoms with van der Waals surface area (Å²) in [5, 5.41) is 25.2. The van der Waals surface area contributed by atoms with E-state index < -0.39 is 6.10 Å². The molecule has 0 aliphatic rings. The van der Waals surface area contributed by atoms with Gasteiger partial charge in [-0.25, -0.2) is 0 Å². The average molecular weight is 307 g/mol. The van der Waals surface area contributed by atoms with Crippen LogP contribution >= 0.6 is 0 Å². The van der Waals surface area contributed by atoms with Gasteiger partial charge in [-0.05, 0) is 47.0 Å². The van der Waals surface area contributed by atoms with E-state index in [4.69, 9.17) is 0 Å². The highest BCUT2D eigenvalue weighted by Crippen LogP contribution is 2.19. The van der Waals surface area contributed by atoms with E-state index in [1.165, 1.54) is 16.3 Å². The highest BCUT2D eigenvalue weighted by Gasteiger charge is 2.07. The van der Waals surface area contributed by atoms with Gasteiger partial charge in [0.25, 0.3) is 0 Å². The van der Waals surface area contributed by atoms with E-state index in [1.807, 2.05) is 0 Å². The Hall–Kier alpha value is -2.36. The SMILES string of the molecule is Oc1ccc(C(O)CNCCc2cccc3ccccc23)cc1. The predicted octanol–water partition coefficient (Wildman–Crippen LogP) is 3.41. The number of phenols is 1. The van der Waals surface area contributed by atoms with Gasteiger partial charge in [0, 0.05) is 6.54 Å². The number of aliphatic hydroxyl groups is 1. The number of rotatable bonds is 6. The highest BCUT2D eigenvalue weighted by atomic mass is 16.3. The first-order valence-electron chi connectivity index (χ1n) is 7.88. The number of hydrogen-bond acceptors (Lipinski definition) is 3. The molecule has 3 aromatic rings. The Morgan fingerprint density at radius 3 is 2.43 bits per heavy atom. The molecule has 0 aliphatic heterocycles. The smallest absolute Gasteiger partial charge is 0.115 e. The molecular formula is C20H21NO2. The molecule has 0 spiro atoms. The monoisotopic (exact) mass is 307 g/mol. The van der Waals surface area contributed by atoms with Gasteiger partial charge in [-0.1, -0.05) is 54.6 Å². The summed E-state index contributed by atoms with van der Waals surface area (Å²) in [5.74, 6) is 0.213. The van der Waals surface area contributed by atoms with E-state index in [0.717, 1.165) is 18.5 Å². The number of benzene rings is 3. The van der Waals surface area contributed by atoms with Crippen molar-refractivity contribution in [1.29, 1.82) is 0 Å². The van der Waals surface area contributed by atoms with E-state index in [1.54, 1.807) is 24.3 Å². The second-order valence-electron chi connectivity index (χ2n) is 5.70. The van der Waals surface area contributed by atoms with Gasteiger partial charge in [0.2, 0.25) is 0 Å². The molecule has 0 fully saturated rings. The Labute approximate surface area is 136 Å². The molecule has 0 heterocycles. The largest absolute Gasteiger partial charge is 0.508 e. The fraction of sp³-hybridized carbons (Fsp3) is 0.200. The molecule has 3 nitrogen and oxygen atoms in total. The zero-order valence-corrected chi connectivity index (χ0v) is 12.9. The molecule has 0 bridgehead atoms. The third kappa shape index (κ3) is 3.89. The molecule has 0 amide bonds. The zero-order valence-electron chi connectivity index (χ0n) is 12.9. The molecule has 1 atom stereocenters. The van der Waals surface area contributed by atoms with Crippen LogP contribution in [-0.2, 0) is 6.42 Å². The van der Waals surface area contributed by atoms with Gasteiger partial charge in [0.05, 0.1) is 6.10 Å². The molecule has 3 aromatic carbocycles. The summed E-state index contributed by atoms with van der Waals surface area (Å²) in [7, 11) is 0. The van der Waals surface area contributed by atoms with Crippen molar-refractivity contribution in [2.75, 3.05) is 13.1 Å². The molecule has 3 heteroatoms. The minimum absolute atomic E-state index is 0.213. The zero-order chi connectivity index (χ0) is 16.1. The number of phenolic OH excluding ortho intramolecular Hbond substituents is 1. The number of fused-ring (bicyclic) bond motifs is 1. The van der Waals surface area contributed by atoms with Crippen LogP contribution in [0.2, 0.25) is 0 Å². The van der Waals surface area contributed by atoms with Crippen molar-refractivity contribution >= 4 is 10.8 Å². The summed E-state index contributed by atoms with van der Waals surface area (Å²) < 4.78 is 0. The molecule has 3 N–H and O–H groups in total. The van der Waals surface area contributed by atoms with Crippen LogP contribution in [0.1, 0.15) is 17.2 Å². The standard InChI is InChI=1S/C20H21NO2/c22-18-10-8-17(9-11-18)20(23)14-21-13-12-16-6-3-5-15-4-1-2-7-19(15)16/h1-11,20-23H,12-14H2. The third-order valence-corrected chi connectivity index (χ3v) is 4.07. The second-order valence-corrected chi connectivity index (χ2v) is 5.70. The Morgan fingerprint density at radius 2 is 1.61 bits per heavy atom. The quantitative estimate of drug-likeness (QED) is 0.612. The van der Waals surface area contributed by atoms with Gasteiger partial charge in [-0.15, -0.1) is 0 Å². The van der Waals surface area contributed by atoms with E-state index in [9.17, 15) is 10.2 Å². The topological polar surface area (TPSA) is 52.5 Å². The molecule has 0 radical (unpaired) electrons. The summed E-state index contributed by atoms with van der Waals surface area (Å²) >= 11 is 0. The Kier molecular flexibility index (Phi) is 4.91. The van der Waals surface area contributed by atoms with Crippen molar-refractivity contribution < 1.29 is 10.2 Å². The van der Waals surface area contributed by atoms with Crippen molar-refractivity contribution in [3.63, 3.8) is 0 Å². The number of aromatic hydroxyl groups is 1. The first-order valence-corrected chi connectivity index (χ1v) is 7.88. The van der Waals surface area contributed by atoms with Gasteiger partial charge in [-0.3, -0.25) is 0 Å². The maximum absolute atomic E-state index is 10.1. The van der Waals surface area contributed by atoms with Gasteiger partial charge in [0.15, 0.2) is 0 Å². The molecule has 1 unspecified atom stereocenters. The molecule has 118 valence electrons. The number of nitrogens with one attached hydrogen (secondary N) is 1. The number of aliphatic hydroxyl groups excluding tert-OH is 1. The first-order chi connectivity index (χ1) is 11.2. The van der Waals surface area contributed by atoms with Crippen LogP contribution in [-0.4, -0.2) is 23.3 Å². The van der Waals surface area contributed by atoms with Gasteiger partial charge in [0.1, 0.15) is 5.75 Å². The van der Waals surface area contributed by atoms with Crippen LogP contribution in [0.15, 0.2) is 66.7 Å². The summed E-state index contributed by atoms with van der Waals surface area (Å²) in [6.45, 7) is 1.30. The van der Waals surface area contributed by atoms with Crippen LogP contribution in [0.5, 0.6) is 5.75 Å². The minimum Gasteiger partial charge on any atom is -0.508 e. The van der Waals surface area contributed by atoms with E-state index in [2.05, 4.69) is 47.8 Å². The van der Waals surface area contributed by atoms with Crippen molar-refractivity contribution in [2.45, 2.75) is 12.5 Å². The normalized spacial score (nSPS) is 12.4. The van der Waals surface area contributed by atoms with E-state index in [-0.39, 0.29) is 5.75 Å². The maximum Gasteiger partial charge on any atom is 0.115 e. The van der Waals surface area contributed by atoms with Crippen molar-refractivity contribution in [1.82, 2.24) is 5.32 Å². The molecule has 0 aliphatic carbocycles. The van der Waals surface area contributed by atoms with Crippen molar-refractivity contribution in [3.05, 3.63) is 77.9 Å². The Morgan fingerprint density at radius 1 is 0.870 bits per heavy atom. The molecule has 0 saturated heterocycles. The molecule has 0 aromatic heterocycles. The van der Waals surface area contributed by atoms with Gasteiger partial charge < -0.3 is 15.5 Å². The summed E-state index contributed by atoms with van der Waals surface area (Å²) in [5.41, 5.74) is 2.12. The summed E-state index contributed by atoms with van der Waals surface area (Å²) in [6.07, 6.45) is 0.354. The lowest BCUT2D eigenvalue weighted by Crippen LogP contribution is -2.23. The van der Waals surface area contributed by atoms with Crippen LogP contribution in [0, 0.1) is 0 Å². The molecule has 0 saturated carbocycles. The lowest BCUT2D eigenvalue weighted by molar-refractivity contribution is 0.175. The second kappa shape index (κ2) is 7.27. The predicted molar refractivity (Wildman–Crippen MR) is 93.6 cm³/mol. The molecule has 3 rings (SSSR count). The van der Waals surface area contributed by atoms with E-state index in [0.29, 0.717) is 6.54 Å². The fourth-order valence-electron chi connectivity index (χ4n) is 2.79. The minimum atomic E-state index is -0.567. The molecule has 23 heavy (non-hydrogen) atoms. The van der Waals surface area contributed by atoms with Crippen molar-refractivity contribution in [3.8, 4) is 5.75 Å². The van der Waals surface area contributed by atoms with E-state index >= 15 is 0 Å². The van der Waals surface area contributed by atoms with Crippen LogP contribution in [0.4, 0.5) is 0 Å². The summed E-state index contributed by atoms with van der Waals surface area (Å²) in [4.78, 5) is 0. The van der Waals surface area contributed by atoms with Gasteiger partial charge in [-0.2, -0.15) is 0 Å². The molecular weight excluding hydrogens is 286 g/mol. The third-order valence-electron chi connectivity index (χ3n) is 4.07. The highest BCUT2D eigenvalue weighted by molar-refractivity contribution is 5.85. The first kappa shape index (κ1) is 15.5. The average Bonchev–Trinajstić information content (AvgIpc) is 2.59. The number of hydrogen-bond donors (Lipinski definition) is 3.